The molecule has 0 atom stereocenters. The van der Waals surface area contributed by atoms with Gasteiger partial charge in [0.1, 0.15) is 0 Å². The van der Waals surface area contributed by atoms with E-state index in [1.165, 1.54) is 0 Å². The third kappa shape index (κ3) is 6.32. The van der Waals surface area contributed by atoms with E-state index in [0.717, 1.165) is 12.8 Å². The molecule has 3 N–H and O–H groups in total. The summed E-state index contributed by atoms with van der Waals surface area (Å²) in [6.07, 6.45) is 2.84. The molecular weight excluding hydrogens is 304 g/mol. The van der Waals surface area contributed by atoms with Crippen molar-refractivity contribution in [3.8, 4) is 0 Å². The molecule has 0 saturated heterocycles. The second kappa shape index (κ2) is 9.42. The van der Waals surface area contributed by atoms with Crippen LogP contribution in [0, 0.1) is 0 Å². The standard InChI is InChI=1S/C19H30N2O3/c1-5-11-19(24,12-6-2)13-17(22)21-16-10-8-7-9-15(16)18(23)20-14(3)4/h7-10,14,24H,5-6,11-13H2,1-4H3,(H,20,23)(H,21,22). The second-order valence-electron chi connectivity index (χ2n) is 6.62. The number of aliphatic hydroxyl groups is 1. The van der Waals surface area contributed by atoms with Crippen LogP contribution in [0.1, 0.15) is 70.2 Å². The van der Waals surface area contributed by atoms with Gasteiger partial charge in [0.2, 0.25) is 5.91 Å². The van der Waals surface area contributed by atoms with Gasteiger partial charge in [-0.3, -0.25) is 9.59 Å². The minimum absolute atomic E-state index is 0.0143. The van der Waals surface area contributed by atoms with Gasteiger partial charge >= 0.3 is 0 Å². The van der Waals surface area contributed by atoms with Gasteiger partial charge in [0.25, 0.3) is 5.91 Å². The molecule has 0 fully saturated rings. The largest absolute Gasteiger partial charge is 0.389 e. The van der Waals surface area contributed by atoms with Crippen molar-refractivity contribution >= 4 is 17.5 Å². The van der Waals surface area contributed by atoms with E-state index in [1.54, 1.807) is 24.3 Å². The molecule has 5 heteroatoms. The Hall–Kier alpha value is -1.88. The molecule has 0 heterocycles. The lowest BCUT2D eigenvalue weighted by Crippen LogP contribution is -2.34. The summed E-state index contributed by atoms with van der Waals surface area (Å²) >= 11 is 0. The lowest BCUT2D eigenvalue weighted by molar-refractivity contribution is -0.121. The van der Waals surface area contributed by atoms with Crippen LogP contribution in [0.2, 0.25) is 0 Å². The third-order valence-corrected chi connectivity index (χ3v) is 3.79. The molecule has 1 rings (SSSR count). The average Bonchev–Trinajstić information content (AvgIpc) is 2.46. The monoisotopic (exact) mass is 334 g/mol. The first-order valence-corrected chi connectivity index (χ1v) is 8.73. The molecule has 1 aromatic rings. The molecule has 0 unspecified atom stereocenters. The first kappa shape index (κ1) is 20.2. The Labute approximate surface area is 144 Å². The van der Waals surface area contributed by atoms with E-state index in [0.29, 0.717) is 24.1 Å². The fourth-order valence-corrected chi connectivity index (χ4v) is 2.86. The Morgan fingerprint density at radius 2 is 1.71 bits per heavy atom. The first-order valence-electron chi connectivity index (χ1n) is 8.73. The minimum atomic E-state index is -0.983. The average molecular weight is 334 g/mol. The van der Waals surface area contributed by atoms with Gasteiger partial charge in [0.15, 0.2) is 0 Å². The van der Waals surface area contributed by atoms with Gasteiger partial charge in [-0.2, -0.15) is 0 Å². The quantitative estimate of drug-likeness (QED) is 0.647. The summed E-state index contributed by atoms with van der Waals surface area (Å²) in [5.41, 5.74) is -0.0898. The fraction of sp³-hybridized carbons (Fsp3) is 0.579. The third-order valence-electron chi connectivity index (χ3n) is 3.79. The lowest BCUT2D eigenvalue weighted by Gasteiger charge is -2.27. The predicted octanol–water partition coefficient (Wildman–Crippen LogP) is 3.48. The topological polar surface area (TPSA) is 78.4 Å². The number of carbonyl (C=O) groups is 2. The number of nitrogens with one attached hydrogen (secondary N) is 2. The number of carbonyl (C=O) groups excluding carboxylic acids is 2. The zero-order chi connectivity index (χ0) is 18.2. The number of rotatable bonds is 9. The van der Waals surface area contributed by atoms with Crippen LogP contribution in [0.25, 0.3) is 0 Å². The van der Waals surface area contributed by atoms with Crippen molar-refractivity contribution in [2.75, 3.05) is 5.32 Å². The second-order valence-corrected chi connectivity index (χ2v) is 6.62. The molecule has 1 aromatic carbocycles. The van der Waals surface area contributed by atoms with Crippen molar-refractivity contribution < 1.29 is 14.7 Å². The SMILES string of the molecule is CCCC(O)(CCC)CC(=O)Nc1ccccc1C(=O)NC(C)C. The molecule has 0 aromatic heterocycles. The summed E-state index contributed by atoms with van der Waals surface area (Å²) in [4.78, 5) is 24.6. The Kier molecular flexibility index (Phi) is 7.92. The summed E-state index contributed by atoms with van der Waals surface area (Å²) in [5.74, 6) is -0.498. The summed E-state index contributed by atoms with van der Waals surface area (Å²) in [5, 5.41) is 16.2. The van der Waals surface area contributed by atoms with Crippen molar-refractivity contribution in [3.05, 3.63) is 29.8 Å². The zero-order valence-electron chi connectivity index (χ0n) is 15.2. The number of benzene rings is 1. The Morgan fingerprint density at radius 3 is 2.25 bits per heavy atom. The van der Waals surface area contributed by atoms with Crippen LogP contribution in [0.5, 0.6) is 0 Å². The molecule has 134 valence electrons. The van der Waals surface area contributed by atoms with Gasteiger partial charge in [-0.15, -0.1) is 0 Å². The first-order chi connectivity index (χ1) is 11.3. The Balaban J connectivity index is 2.85. The zero-order valence-corrected chi connectivity index (χ0v) is 15.2. The van der Waals surface area contributed by atoms with E-state index in [1.807, 2.05) is 27.7 Å². The van der Waals surface area contributed by atoms with E-state index in [9.17, 15) is 14.7 Å². The van der Waals surface area contributed by atoms with Crippen molar-refractivity contribution in [1.82, 2.24) is 5.32 Å². The molecule has 0 spiro atoms. The highest BCUT2D eigenvalue weighted by molar-refractivity contribution is 6.03. The van der Waals surface area contributed by atoms with Gasteiger partial charge < -0.3 is 15.7 Å². The predicted molar refractivity (Wildman–Crippen MR) is 97.1 cm³/mol. The molecule has 0 saturated carbocycles. The van der Waals surface area contributed by atoms with Gasteiger partial charge in [-0.25, -0.2) is 0 Å². The van der Waals surface area contributed by atoms with Crippen LogP contribution in [-0.2, 0) is 4.79 Å². The maximum atomic E-state index is 12.4. The van der Waals surface area contributed by atoms with Crippen molar-refractivity contribution in [2.24, 2.45) is 0 Å². The van der Waals surface area contributed by atoms with Crippen molar-refractivity contribution in [3.63, 3.8) is 0 Å². The Bertz CT molecular complexity index is 549. The number of para-hydroxylation sites is 1. The van der Waals surface area contributed by atoms with E-state index in [-0.39, 0.29) is 24.3 Å². The number of amides is 2. The van der Waals surface area contributed by atoms with Crippen molar-refractivity contribution in [1.29, 1.82) is 0 Å². The maximum absolute atomic E-state index is 12.4. The van der Waals surface area contributed by atoms with Crippen molar-refractivity contribution in [2.45, 2.75) is 71.4 Å². The summed E-state index contributed by atoms with van der Waals surface area (Å²) < 4.78 is 0. The summed E-state index contributed by atoms with van der Waals surface area (Å²) in [7, 11) is 0. The normalized spacial score (nSPS) is 11.4. The molecule has 5 nitrogen and oxygen atoms in total. The van der Waals surface area contributed by atoms with Crippen LogP contribution in [-0.4, -0.2) is 28.6 Å². The van der Waals surface area contributed by atoms with Gasteiger partial charge in [0, 0.05) is 6.04 Å². The van der Waals surface area contributed by atoms with E-state index in [2.05, 4.69) is 10.6 Å². The van der Waals surface area contributed by atoms with Crippen LogP contribution < -0.4 is 10.6 Å². The minimum Gasteiger partial charge on any atom is -0.389 e. The molecule has 0 aliphatic heterocycles. The molecule has 0 radical (unpaired) electrons. The number of hydrogen-bond acceptors (Lipinski definition) is 3. The highest BCUT2D eigenvalue weighted by Crippen LogP contribution is 2.25. The molecule has 0 aliphatic carbocycles. The van der Waals surface area contributed by atoms with E-state index in [4.69, 9.17) is 0 Å². The smallest absolute Gasteiger partial charge is 0.253 e. The molecule has 24 heavy (non-hydrogen) atoms. The Morgan fingerprint density at radius 1 is 1.12 bits per heavy atom. The maximum Gasteiger partial charge on any atom is 0.253 e. The van der Waals surface area contributed by atoms with Gasteiger partial charge in [-0.1, -0.05) is 38.8 Å². The number of hydrogen-bond donors (Lipinski definition) is 3. The summed E-state index contributed by atoms with van der Waals surface area (Å²) in [6.45, 7) is 7.75. The van der Waals surface area contributed by atoms with Crippen LogP contribution in [0.4, 0.5) is 5.69 Å². The fourth-order valence-electron chi connectivity index (χ4n) is 2.86. The molecule has 0 bridgehead atoms. The van der Waals surface area contributed by atoms with Crippen LogP contribution in [0.15, 0.2) is 24.3 Å². The number of anilines is 1. The van der Waals surface area contributed by atoms with Crippen LogP contribution >= 0.6 is 0 Å². The van der Waals surface area contributed by atoms with Gasteiger partial charge in [0.05, 0.1) is 23.3 Å². The van der Waals surface area contributed by atoms with Gasteiger partial charge in [-0.05, 0) is 38.8 Å². The highest BCUT2D eigenvalue weighted by atomic mass is 16.3. The van der Waals surface area contributed by atoms with E-state index >= 15 is 0 Å². The van der Waals surface area contributed by atoms with Crippen LogP contribution in [0.3, 0.4) is 0 Å². The molecule has 0 aliphatic rings. The molecular formula is C19H30N2O3. The molecule has 2 amide bonds. The lowest BCUT2D eigenvalue weighted by atomic mass is 9.89. The highest BCUT2D eigenvalue weighted by Gasteiger charge is 2.28. The summed E-state index contributed by atoms with van der Waals surface area (Å²) in [6, 6.07) is 6.92. The van der Waals surface area contributed by atoms with E-state index < -0.39 is 5.60 Å².